The molecule has 14 heteroatoms. The van der Waals surface area contributed by atoms with Gasteiger partial charge in [0.2, 0.25) is 0 Å². The number of halogens is 2. The van der Waals surface area contributed by atoms with Crippen molar-refractivity contribution in [3.05, 3.63) is 129 Å². The number of benzene rings is 4. The van der Waals surface area contributed by atoms with Crippen LogP contribution in [0.2, 0.25) is 0 Å². The first-order valence-electron chi connectivity index (χ1n) is 17.5. The fourth-order valence-electron chi connectivity index (χ4n) is 5.31. The van der Waals surface area contributed by atoms with Crippen molar-refractivity contribution < 1.29 is 37.3 Å². The highest BCUT2D eigenvalue weighted by atomic mass is 32.2. The zero-order valence-corrected chi connectivity index (χ0v) is 34.5. The van der Waals surface area contributed by atoms with Gasteiger partial charge in [-0.3, -0.25) is 0 Å². The average molecular weight is 833 g/mol. The predicted molar refractivity (Wildman–Crippen MR) is 219 cm³/mol. The van der Waals surface area contributed by atoms with E-state index < -0.39 is 24.8 Å². The van der Waals surface area contributed by atoms with E-state index in [0.29, 0.717) is 23.0 Å². The Morgan fingerprint density at radius 3 is 1.64 bits per heavy atom. The highest BCUT2D eigenvalue weighted by Gasteiger charge is 2.28. The number of nitrogens with zero attached hydrogens (tertiary/aromatic N) is 2. The molecule has 0 saturated heterocycles. The highest BCUT2D eigenvalue weighted by molar-refractivity contribution is 7.99. The number of thiazole rings is 2. The summed E-state index contributed by atoms with van der Waals surface area (Å²) in [5, 5.41) is 1.69. The van der Waals surface area contributed by atoms with E-state index in [1.54, 1.807) is 89.5 Å². The van der Waals surface area contributed by atoms with Gasteiger partial charge < -0.3 is 18.9 Å². The number of hydrogen-bond acceptors (Lipinski definition) is 12. The molecule has 1 atom stereocenters. The summed E-state index contributed by atoms with van der Waals surface area (Å²) in [6.07, 6.45) is -1.63. The van der Waals surface area contributed by atoms with Crippen LogP contribution in [0.3, 0.4) is 0 Å². The molecule has 0 aliphatic rings. The summed E-state index contributed by atoms with van der Waals surface area (Å²) in [5.41, 5.74) is 5.16. The number of carbonyl (C=O) groups excluding carboxylic acids is 2. The van der Waals surface area contributed by atoms with Crippen LogP contribution in [0.25, 0.3) is 21.1 Å². The number of aromatic nitrogens is 2. The minimum atomic E-state index is -1.63. The SMILES string of the molecule is CCOC(=O)C(OC(=O)COc1ccc(SCc2sc(-c3ccc(F)cc3)nc2C)cc1C)Oc1ccc(SCc2sc(-c3ccc(F)cc3)nc2C)cc1C. The smallest absolute Gasteiger partial charge is 0.389 e. The van der Waals surface area contributed by atoms with E-state index in [0.717, 1.165) is 63.2 Å². The van der Waals surface area contributed by atoms with Crippen LogP contribution >= 0.6 is 46.2 Å². The molecular weight excluding hydrogens is 795 g/mol. The van der Waals surface area contributed by atoms with Crippen LogP contribution in [0.4, 0.5) is 8.78 Å². The van der Waals surface area contributed by atoms with E-state index in [2.05, 4.69) is 9.97 Å². The van der Waals surface area contributed by atoms with E-state index in [9.17, 15) is 18.4 Å². The first kappa shape index (κ1) is 40.9. The number of esters is 2. The lowest BCUT2D eigenvalue weighted by atomic mass is 10.2. The van der Waals surface area contributed by atoms with Crippen LogP contribution in [0.1, 0.15) is 39.2 Å². The number of ether oxygens (including phenoxy) is 4. The molecule has 0 aliphatic heterocycles. The van der Waals surface area contributed by atoms with Gasteiger partial charge >= 0.3 is 18.2 Å². The average Bonchev–Trinajstić information content (AvgIpc) is 3.74. The molecular formula is C42H38F2N2O6S4. The Bertz CT molecular complexity index is 2310. The van der Waals surface area contributed by atoms with E-state index in [-0.39, 0.29) is 18.2 Å². The Morgan fingerprint density at radius 2 is 1.18 bits per heavy atom. The van der Waals surface area contributed by atoms with Gasteiger partial charge in [-0.15, -0.1) is 46.2 Å². The zero-order chi connectivity index (χ0) is 39.8. The number of hydrogen-bond donors (Lipinski definition) is 0. The van der Waals surface area contributed by atoms with Crippen molar-refractivity contribution >= 4 is 58.1 Å². The number of thioether (sulfide) groups is 2. The Hall–Kier alpha value is -4.76. The van der Waals surface area contributed by atoms with Crippen LogP contribution < -0.4 is 9.47 Å². The molecule has 0 amide bonds. The standard InChI is InChI=1S/C42H38F2N2O6S4/c1-6-49-41(48)42(51-35-18-16-33(20-25(35)3)54-23-37-27(5)46-40(56-37)29-9-13-31(44)14-10-29)52-38(47)21-50-34-17-15-32(19-24(34)2)53-22-36-26(4)45-39(55-36)28-7-11-30(43)12-8-28/h7-20,42H,6,21-23H2,1-5H3. The molecule has 56 heavy (non-hydrogen) atoms. The first-order chi connectivity index (χ1) is 26.9. The molecule has 1 unspecified atom stereocenters. The molecule has 2 aromatic heterocycles. The van der Waals surface area contributed by atoms with Crippen molar-refractivity contribution in [2.24, 2.45) is 0 Å². The highest BCUT2D eigenvalue weighted by Crippen LogP contribution is 2.36. The third kappa shape index (κ3) is 10.8. The minimum Gasteiger partial charge on any atom is -0.482 e. The summed E-state index contributed by atoms with van der Waals surface area (Å²) in [6.45, 7) is 8.92. The number of carbonyl (C=O) groups is 2. The Morgan fingerprint density at radius 1 is 0.696 bits per heavy atom. The molecule has 0 saturated carbocycles. The van der Waals surface area contributed by atoms with Crippen molar-refractivity contribution in [2.45, 2.75) is 62.2 Å². The lowest BCUT2D eigenvalue weighted by molar-refractivity contribution is -0.187. The van der Waals surface area contributed by atoms with E-state index in [1.165, 1.54) is 24.3 Å². The normalized spacial score (nSPS) is 11.6. The molecule has 0 fully saturated rings. The second-order valence-electron chi connectivity index (χ2n) is 12.5. The quantitative estimate of drug-likeness (QED) is 0.0533. The second kappa shape index (κ2) is 18.9. The Labute approximate surface area is 340 Å². The molecule has 2 heterocycles. The summed E-state index contributed by atoms with van der Waals surface area (Å²) < 4.78 is 49.0. The molecule has 0 N–H and O–H groups in total. The molecule has 0 aliphatic carbocycles. The molecule has 8 nitrogen and oxygen atoms in total. The first-order valence-corrected chi connectivity index (χ1v) is 21.1. The molecule has 0 radical (unpaired) electrons. The monoisotopic (exact) mass is 832 g/mol. The van der Waals surface area contributed by atoms with Gasteiger partial charge in [0.15, 0.2) is 6.61 Å². The topological polar surface area (TPSA) is 96.8 Å². The van der Waals surface area contributed by atoms with Gasteiger partial charge in [-0.05, 0) is 131 Å². The number of rotatable bonds is 16. The maximum absolute atomic E-state index is 13.4. The maximum atomic E-state index is 13.4. The van der Waals surface area contributed by atoms with Gasteiger partial charge in [-0.1, -0.05) is 0 Å². The Kier molecular flexibility index (Phi) is 13.8. The third-order valence-corrected chi connectivity index (χ3v) is 13.1. The largest absolute Gasteiger partial charge is 0.482 e. The zero-order valence-electron chi connectivity index (χ0n) is 31.2. The van der Waals surface area contributed by atoms with Crippen molar-refractivity contribution in [3.8, 4) is 32.6 Å². The lowest BCUT2D eigenvalue weighted by Gasteiger charge is -2.19. The van der Waals surface area contributed by atoms with Gasteiger partial charge in [0, 0.05) is 42.2 Å². The summed E-state index contributed by atoms with van der Waals surface area (Å²) in [4.78, 5) is 39.3. The maximum Gasteiger partial charge on any atom is 0.389 e. The lowest BCUT2D eigenvalue weighted by Crippen LogP contribution is -2.36. The van der Waals surface area contributed by atoms with E-state index >= 15 is 0 Å². The van der Waals surface area contributed by atoms with Crippen molar-refractivity contribution in [1.29, 1.82) is 0 Å². The summed E-state index contributed by atoms with van der Waals surface area (Å²) >= 11 is 6.43. The van der Waals surface area contributed by atoms with Crippen LogP contribution in [-0.2, 0) is 30.6 Å². The fourth-order valence-corrected chi connectivity index (χ4v) is 9.72. The molecule has 4 aromatic carbocycles. The van der Waals surface area contributed by atoms with E-state index in [1.807, 2.05) is 52.0 Å². The molecule has 6 aromatic rings. The minimum absolute atomic E-state index is 0.0721. The molecule has 6 rings (SSSR count). The van der Waals surface area contributed by atoms with Crippen LogP contribution in [0, 0.1) is 39.3 Å². The van der Waals surface area contributed by atoms with Gasteiger partial charge in [0.05, 0.1) is 18.0 Å². The second-order valence-corrected chi connectivity index (χ2v) is 16.7. The summed E-state index contributed by atoms with van der Waals surface area (Å²) in [7, 11) is 0. The van der Waals surface area contributed by atoms with E-state index in [4.69, 9.17) is 18.9 Å². The van der Waals surface area contributed by atoms with Crippen LogP contribution in [0.15, 0.2) is 94.7 Å². The molecule has 290 valence electrons. The summed E-state index contributed by atoms with van der Waals surface area (Å²) in [5.74, 6) is 0.0374. The summed E-state index contributed by atoms with van der Waals surface area (Å²) in [6, 6.07) is 23.8. The van der Waals surface area contributed by atoms with Crippen molar-refractivity contribution in [1.82, 2.24) is 9.97 Å². The van der Waals surface area contributed by atoms with Crippen LogP contribution in [0.5, 0.6) is 11.5 Å². The van der Waals surface area contributed by atoms with Gasteiger partial charge in [-0.25, -0.2) is 28.3 Å². The molecule has 0 bridgehead atoms. The third-order valence-electron chi connectivity index (χ3n) is 8.30. The van der Waals surface area contributed by atoms with Crippen molar-refractivity contribution in [3.63, 3.8) is 0 Å². The van der Waals surface area contributed by atoms with Gasteiger partial charge in [0.1, 0.15) is 33.1 Å². The fraction of sp³-hybridized carbons (Fsp3) is 0.238. The predicted octanol–water partition coefficient (Wildman–Crippen LogP) is 10.9. The van der Waals surface area contributed by atoms with Crippen molar-refractivity contribution in [2.75, 3.05) is 13.2 Å². The van der Waals surface area contributed by atoms with Crippen LogP contribution in [-0.4, -0.2) is 41.4 Å². The molecule has 0 spiro atoms. The Balaban J connectivity index is 1.01. The van der Waals surface area contributed by atoms with Gasteiger partial charge in [0.25, 0.3) is 0 Å². The number of aryl methyl sites for hydroxylation is 4. The van der Waals surface area contributed by atoms with Gasteiger partial charge in [-0.2, -0.15) is 0 Å².